The van der Waals surface area contributed by atoms with E-state index >= 15 is 0 Å². The lowest BCUT2D eigenvalue weighted by Crippen LogP contribution is -2.38. The maximum Gasteiger partial charge on any atom is 0.221 e. The van der Waals surface area contributed by atoms with Crippen LogP contribution in [0.15, 0.2) is 0 Å². The van der Waals surface area contributed by atoms with E-state index in [4.69, 9.17) is 22.9 Å². The topological polar surface area (TPSA) is 407 Å². The first-order chi connectivity index (χ1) is 47.5. The number of carbonyl (C=O) groups excluding carboxylic acids is 8. The Bertz CT molecular complexity index is 1760. The summed E-state index contributed by atoms with van der Waals surface area (Å²) in [5, 5.41) is 37.8. The molecule has 98 heavy (non-hydrogen) atoms. The van der Waals surface area contributed by atoms with Crippen molar-refractivity contribution in [1.82, 2.24) is 83.8 Å². The fraction of sp³-hybridized carbons (Fsp3) is 0.886. The highest BCUT2D eigenvalue weighted by atomic mass is 16.2. The Kier molecular flexibility index (Phi) is 90.0. The first kappa shape index (κ1) is 102. The van der Waals surface area contributed by atoms with Gasteiger partial charge in [0.15, 0.2) is 0 Å². The van der Waals surface area contributed by atoms with E-state index in [1.165, 1.54) is 51.4 Å². The molecule has 0 spiro atoms. The molecule has 0 bridgehead atoms. The van der Waals surface area contributed by atoms with Crippen LogP contribution in [0.4, 0.5) is 0 Å². The van der Waals surface area contributed by atoms with Gasteiger partial charge in [0, 0.05) is 193 Å². The smallest absolute Gasteiger partial charge is 0.221 e. The molecule has 21 N–H and O–H groups in total. The van der Waals surface area contributed by atoms with Crippen LogP contribution in [0.1, 0.15) is 200 Å². The van der Waals surface area contributed by atoms with E-state index in [9.17, 15) is 38.4 Å². The molecule has 0 rings (SSSR count). The van der Waals surface area contributed by atoms with E-state index in [1.54, 1.807) is 56.4 Å². The molecule has 0 aliphatic rings. The minimum atomic E-state index is 0.0470. The number of nitrogens with one attached hydrogen (secondary N) is 13. The molecule has 0 saturated carbocycles. The molecular formula is C70H154N20O8. The van der Waals surface area contributed by atoms with E-state index < -0.39 is 0 Å². The van der Waals surface area contributed by atoms with Crippen molar-refractivity contribution in [3.63, 3.8) is 0 Å². The maximum absolute atomic E-state index is 11.4. The first-order valence-corrected chi connectivity index (χ1v) is 37.7. The van der Waals surface area contributed by atoms with Crippen molar-refractivity contribution in [3.8, 4) is 0 Å². The fourth-order valence-corrected chi connectivity index (χ4v) is 9.46. The molecule has 8 amide bonds. The van der Waals surface area contributed by atoms with Crippen LogP contribution >= 0.6 is 0 Å². The summed E-state index contributed by atoms with van der Waals surface area (Å²) in [4.78, 5) is 95.6. The minimum Gasteiger partial charge on any atom is -0.359 e. The molecule has 0 unspecified atom stereocenters. The van der Waals surface area contributed by atoms with E-state index in [-0.39, 0.29) is 47.3 Å². The SMILES string of the molecule is CCCCCCN(CCN)CCC(=O)NC.CNC(=O)CCCCCNCCCCCN.CNC(=O)CCCCCNCCCCCNCCC(=O)NC.CNC(=O)CCCCCNCCN(CCN)CCC(=O)NC.CNC(=O)CCNCCN(CCCCCN)CCC(=O)NC. The van der Waals surface area contributed by atoms with Crippen molar-refractivity contribution in [2.45, 2.75) is 200 Å². The lowest BCUT2D eigenvalue weighted by molar-refractivity contribution is -0.121. The van der Waals surface area contributed by atoms with Crippen LogP contribution in [0.3, 0.4) is 0 Å². The van der Waals surface area contributed by atoms with Crippen LogP contribution in [0.25, 0.3) is 0 Å². The number of carbonyl (C=O) groups is 8. The summed E-state index contributed by atoms with van der Waals surface area (Å²) in [5.74, 6) is 0.770. The van der Waals surface area contributed by atoms with E-state index in [1.807, 2.05) is 0 Å². The van der Waals surface area contributed by atoms with Gasteiger partial charge in [-0.1, -0.05) is 64.7 Å². The zero-order chi connectivity index (χ0) is 74.0. The molecule has 0 fully saturated rings. The van der Waals surface area contributed by atoms with Crippen LogP contribution in [-0.4, -0.2) is 269 Å². The molecule has 0 aliphatic heterocycles. The van der Waals surface area contributed by atoms with Crippen molar-refractivity contribution >= 4 is 47.3 Å². The summed E-state index contributed by atoms with van der Waals surface area (Å²) in [6, 6.07) is 0. The van der Waals surface area contributed by atoms with Crippen LogP contribution in [-0.2, 0) is 38.4 Å². The van der Waals surface area contributed by atoms with Gasteiger partial charge < -0.3 is 107 Å². The number of rotatable bonds is 64. The molecule has 0 aliphatic carbocycles. The largest absolute Gasteiger partial charge is 0.359 e. The normalized spacial score (nSPS) is 10.6. The summed E-state index contributed by atoms with van der Waals surface area (Å²) in [5.41, 5.74) is 22.1. The standard InChI is InChI=1S/C16H34N4O2.2C15H33N5O2.2C12H27N3O/c1-17-15(21)9-5-3-6-11-19-12-7-4-8-13-20-14-10-16(22)18-2;1-17-14(21)6-9-19-10-13-20(11-5-3-4-8-16)12-7-15(22)18-2;1-17-14(21)6-4-3-5-9-19-10-13-20(12-8-16)11-7-15(22)18-2;1-14-12(16)8-4-2-6-10-15-11-7-3-5-9-13;1-3-4-5-6-9-15(11-8-13)10-7-12(16)14-2/h19-20H,3-14H2,1-2H3,(H,17,21)(H,18,22);2*19H,3-13,16H2,1-2H3,(H,17,21)(H,18,22);15H,2-11,13H2,1H3,(H,14,16);3-11,13H2,1-2H3,(H,14,16). The molecule has 0 radical (unpaired) electrons. The summed E-state index contributed by atoms with van der Waals surface area (Å²) in [7, 11) is 13.3. The average Bonchev–Trinajstić information content (AvgIpc) is 3.72. The number of hydrogen-bond acceptors (Lipinski definition) is 20. The second kappa shape index (κ2) is 86.5. The fourth-order valence-electron chi connectivity index (χ4n) is 9.46. The Labute approximate surface area is 596 Å². The molecule has 28 heteroatoms. The number of unbranched alkanes of at least 4 members (excludes halogenated alkanes) is 15. The summed E-state index contributed by atoms with van der Waals surface area (Å²) in [6.07, 6.45) is 29.6. The van der Waals surface area contributed by atoms with Crippen molar-refractivity contribution in [2.75, 3.05) is 207 Å². The zero-order valence-corrected chi connectivity index (χ0v) is 63.9. The summed E-state index contributed by atoms with van der Waals surface area (Å²) >= 11 is 0. The Hall–Kier alpha value is -4.72. The predicted molar refractivity (Wildman–Crippen MR) is 407 cm³/mol. The molecule has 0 aromatic heterocycles. The quantitative estimate of drug-likeness (QED) is 0.0382. The number of nitrogens with two attached hydrogens (primary N) is 4. The summed E-state index contributed by atoms with van der Waals surface area (Å²) < 4.78 is 0. The van der Waals surface area contributed by atoms with Crippen LogP contribution in [0, 0.1) is 0 Å². The van der Waals surface area contributed by atoms with Crippen LogP contribution < -0.4 is 92.1 Å². The van der Waals surface area contributed by atoms with E-state index in [0.29, 0.717) is 71.0 Å². The van der Waals surface area contributed by atoms with Gasteiger partial charge in [0.1, 0.15) is 0 Å². The molecule has 0 atom stereocenters. The van der Waals surface area contributed by atoms with Gasteiger partial charge in [-0.05, 0) is 149 Å². The van der Waals surface area contributed by atoms with Crippen LogP contribution in [0.2, 0.25) is 0 Å². The van der Waals surface area contributed by atoms with E-state index in [0.717, 1.165) is 221 Å². The van der Waals surface area contributed by atoms with Crippen molar-refractivity contribution in [3.05, 3.63) is 0 Å². The Balaban J connectivity index is -0.000000370. The highest BCUT2D eigenvalue weighted by Gasteiger charge is 2.10. The number of hydrogen-bond donors (Lipinski definition) is 17. The van der Waals surface area contributed by atoms with Gasteiger partial charge in [-0.2, -0.15) is 0 Å². The third-order valence-electron chi connectivity index (χ3n) is 15.9. The second-order valence-corrected chi connectivity index (χ2v) is 24.2. The Morgan fingerprint density at radius 2 is 0.449 bits per heavy atom. The molecular weight excluding hydrogens is 1250 g/mol. The van der Waals surface area contributed by atoms with Gasteiger partial charge in [-0.3, -0.25) is 38.4 Å². The third-order valence-corrected chi connectivity index (χ3v) is 15.9. The molecule has 0 aromatic carbocycles. The minimum absolute atomic E-state index is 0.0470. The maximum atomic E-state index is 11.4. The zero-order valence-electron chi connectivity index (χ0n) is 63.9. The van der Waals surface area contributed by atoms with Gasteiger partial charge in [-0.15, -0.1) is 0 Å². The first-order valence-electron chi connectivity index (χ1n) is 37.7. The third kappa shape index (κ3) is 87.4. The van der Waals surface area contributed by atoms with Gasteiger partial charge >= 0.3 is 0 Å². The molecule has 0 heterocycles. The van der Waals surface area contributed by atoms with E-state index in [2.05, 4.69) is 90.7 Å². The van der Waals surface area contributed by atoms with Crippen molar-refractivity contribution in [2.24, 2.45) is 22.9 Å². The van der Waals surface area contributed by atoms with Crippen molar-refractivity contribution < 1.29 is 38.4 Å². The van der Waals surface area contributed by atoms with Gasteiger partial charge in [0.05, 0.1) is 0 Å². The Morgan fingerprint density at radius 3 is 0.755 bits per heavy atom. The monoisotopic (exact) mass is 1400 g/mol. The second-order valence-electron chi connectivity index (χ2n) is 24.2. The molecule has 0 aromatic rings. The highest BCUT2D eigenvalue weighted by Crippen LogP contribution is 2.05. The number of amides is 8. The predicted octanol–water partition coefficient (Wildman–Crippen LogP) is 1.31. The lowest BCUT2D eigenvalue weighted by Gasteiger charge is -2.22. The van der Waals surface area contributed by atoms with Crippen LogP contribution in [0.5, 0.6) is 0 Å². The lowest BCUT2D eigenvalue weighted by atomic mass is 10.2. The van der Waals surface area contributed by atoms with Crippen molar-refractivity contribution in [1.29, 1.82) is 0 Å². The molecule has 28 nitrogen and oxygen atoms in total. The highest BCUT2D eigenvalue weighted by molar-refractivity contribution is 5.78. The Morgan fingerprint density at radius 1 is 0.214 bits per heavy atom. The number of nitrogens with zero attached hydrogens (tertiary/aromatic N) is 3. The summed E-state index contributed by atoms with van der Waals surface area (Å²) in [6.45, 7) is 22.2. The van der Waals surface area contributed by atoms with Gasteiger partial charge in [0.2, 0.25) is 47.3 Å². The van der Waals surface area contributed by atoms with Gasteiger partial charge in [-0.25, -0.2) is 0 Å². The average molecular weight is 1400 g/mol. The molecule has 0 saturated heterocycles. The molecule has 582 valence electrons. The van der Waals surface area contributed by atoms with Gasteiger partial charge in [0.25, 0.3) is 0 Å².